The van der Waals surface area contributed by atoms with Crippen molar-refractivity contribution in [1.29, 1.82) is 0 Å². The molecule has 7 heteroatoms. The van der Waals surface area contributed by atoms with E-state index in [2.05, 4.69) is 28.0 Å². The Balaban J connectivity index is 1.43. The van der Waals surface area contributed by atoms with Crippen LogP contribution in [0.3, 0.4) is 0 Å². The van der Waals surface area contributed by atoms with Gasteiger partial charge < -0.3 is 9.30 Å². The second-order valence-electron chi connectivity index (χ2n) is 7.25. The van der Waals surface area contributed by atoms with Crippen molar-refractivity contribution in [3.05, 3.63) is 83.4 Å². The topological polar surface area (TPSA) is 57.8 Å². The maximum absolute atomic E-state index is 6.02. The normalized spacial score (nSPS) is 11.3. The van der Waals surface area contributed by atoms with Crippen molar-refractivity contribution >= 4 is 22.4 Å². The maximum Gasteiger partial charge on any atom is 0.148 e. The third-order valence-corrected chi connectivity index (χ3v) is 5.89. The number of imidazole rings is 1. The molecule has 0 radical (unpaired) electrons. The minimum absolute atomic E-state index is 0.400. The molecule has 0 saturated carbocycles. The summed E-state index contributed by atoms with van der Waals surface area (Å²) in [6.45, 7) is 3.11. The fraction of sp³-hybridized carbons (Fsp3) is 0.174. The first kappa shape index (κ1) is 18.6. The quantitative estimate of drug-likeness (QED) is 0.399. The molecule has 0 spiro atoms. The summed E-state index contributed by atoms with van der Waals surface area (Å²) in [4.78, 5) is 9.63. The van der Waals surface area contributed by atoms with Crippen molar-refractivity contribution in [3.8, 4) is 16.3 Å². The average Bonchev–Trinajstić information content (AvgIpc) is 3.47. The molecule has 5 rings (SSSR count). The van der Waals surface area contributed by atoms with Gasteiger partial charge in [0.2, 0.25) is 0 Å². The van der Waals surface area contributed by atoms with Gasteiger partial charge in [-0.1, -0.05) is 29.8 Å². The second kappa shape index (κ2) is 7.76. The molecule has 0 bridgehead atoms. The SMILES string of the molecule is Cc1ccc(OCc2nc3ccccc3n2Cc2csc(-c3cnn(C)c3)n2)cc1. The van der Waals surface area contributed by atoms with Gasteiger partial charge in [0.25, 0.3) is 0 Å². The molecule has 6 nitrogen and oxygen atoms in total. The summed E-state index contributed by atoms with van der Waals surface area (Å²) in [5.74, 6) is 1.72. The van der Waals surface area contributed by atoms with Gasteiger partial charge in [-0.3, -0.25) is 4.68 Å². The zero-order valence-electron chi connectivity index (χ0n) is 16.8. The van der Waals surface area contributed by atoms with E-state index >= 15 is 0 Å². The summed E-state index contributed by atoms with van der Waals surface area (Å²) in [6.07, 6.45) is 3.83. The largest absolute Gasteiger partial charge is 0.486 e. The first-order valence-electron chi connectivity index (χ1n) is 9.73. The highest BCUT2D eigenvalue weighted by molar-refractivity contribution is 7.13. The highest BCUT2D eigenvalue weighted by Gasteiger charge is 2.14. The van der Waals surface area contributed by atoms with Gasteiger partial charge in [-0.15, -0.1) is 11.3 Å². The van der Waals surface area contributed by atoms with E-state index in [1.807, 2.05) is 61.9 Å². The number of nitrogens with zero attached hydrogens (tertiary/aromatic N) is 5. The number of para-hydroxylation sites is 2. The van der Waals surface area contributed by atoms with Crippen LogP contribution in [-0.2, 0) is 20.2 Å². The number of hydrogen-bond acceptors (Lipinski definition) is 5. The number of thiazole rings is 1. The molecule has 0 saturated heterocycles. The fourth-order valence-electron chi connectivity index (χ4n) is 3.40. The predicted octanol–water partition coefficient (Wildman–Crippen LogP) is 4.83. The van der Waals surface area contributed by atoms with Crippen LogP contribution in [0.5, 0.6) is 5.75 Å². The predicted molar refractivity (Wildman–Crippen MR) is 119 cm³/mol. The number of aromatic nitrogens is 5. The lowest BCUT2D eigenvalue weighted by Gasteiger charge is -2.09. The van der Waals surface area contributed by atoms with E-state index in [0.717, 1.165) is 38.9 Å². The van der Waals surface area contributed by atoms with Crippen molar-refractivity contribution in [2.24, 2.45) is 7.05 Å². The van der Waals surface area contributed by atoms with Crippen molar-refractivity contribution in [1.82, 2.24) is 24.3 Å². The lowest BCUT2D eigenvalue weighted by atomic mass is 10.2. The molecule has 0 amide bonds. The Bertz CT molecular complexity index is 1300. The van der Waals surface area contributed by atoms with Gasteiger partial charge in [0.1, 0.15) is 23.2 Å². The van der Waals surface area contributed by atoms with Crippen molar-refractivity contribution < 1.29 is 4.74 Å². The molecule has 150 valence electrons. The molecule has 2 aromatic carbocycles. The van der Waals surface area contributed by atoms with E-state index in [0.29, 0.717) is 13.2 Å². The van der Waals surface area contributed by atoms with Crippen LogP contribution in [0.25, 0.3) is 21.6 Å². The molecule has 0 N–H and O–H groups in total. The first-order valence-corrected chi connectivity index (χ1v) is 10.6. The van der Waals surface area contributed by atoms with Crippen LogP contribution in [0.2, 0.25) is 0 Å². The van der Waals surface area contributed by atoms with Crippen LogP contribution >= 0.6 is 11.3 Å². The van der Waals surface area contributed by atoms with E-state index in [-0.39, 0.29) is 0 Å². The van der Waals surface area contributed by atoms with Gasteiger partial charge in [0, 0.05) is 24.2 Å². The van der Waals surface area contributed by atoms with Crippen LogP contribution < -0.4 is 4.74 Å². The van der Waals surface area contributed by atoms with Gasteiger partial charge in [0.05, 0.1) is 29.5 Å². The highest BCUT2D eigenvalue weighted by Crippen LogP contribution is 2.25. The van der Waals surface area contributed by atoms with E-state index in [1.54, 1.807) is 16.0 Å². The van der Waals surface area contributed by atoms with Crippen molar-refractivity contribution in [3.63, 3.8) is 0 Å². The lowest BCUT2D eigenvalue weighted by Crippen LogP contribution is -2.08. The highest BCUT2D eigenvalue weighted by atomic mass is 32.1. The Morgan fingerprint density at radius 3 is 2.67 bits per heavy atom. The number of ether oxygens (including phenoxy) is 1. The van der Waals surface area contributed by atoms with Crippen LogP contribution in [0.4, 0.5) is 0 Å². The van der Waals surface area contributed by atoms with E-state index < -0.39 is 0 Å². The second-order valence-corrected chi connectivity index (χ2v) is 8.11. The Morgan fingerprint density at radius 1 is 1.03 bits per heavy atom. The van der Waals surface area contributed by atoms with E-state index in [4.69, 9.17) is 14.7 Å². The minimum atomic E-state index is 0.400. The minimum Gasteiger partial charge on any atom is -0.486 e. The molecular weight excluding hydrogens is 394 g/mol. The molecule has 0 aliphatic heterocycles. The number of fused-ring (bicyclic) bond motifs is 1. The van der Waals surface area contributed by atoms with Crippen molar-refractivity contribution in [2.45, 2.75) is 20.1 Å². The van der Waals surface area contributed by atoms with Gasteiger partial charge in [-0.05, 0) is 31.2 Å². The van der Waals surface area contributed by atoms with Gasteiger partial charge in [-0.2, -0.15) is 5.10 Å². The first-order chi connectivity index (χ1) is 14.7. The molecule has 0 aliphatic rings. The number of hydrogen-bond donors (Lipinski definition) is 0. The summed E-state index contributed by atoms with van der Waals surface area (Å²) in [7, 11) is 1.91. The summed E-state index contributed by atoms with van der Waals surface area (Å²) in [6, 6.07) is 16.2. The standard InChI is InChI=1S/C23H21N5OS/c1-16-7-9-19(10-8-16)29-14-22-26-20-5-3-4-6-21(20)28(22)13-18-15-30-23(25-18)17-11-24-27(2)12-17/h3-12,15H,13-14H2,1-2H3. The fourth-order valence-corrected chi connectivity index (χ4v) is 4.19. The summed E-state index contributed by atoms with van der Waals surface area (Å²) in [5, 5.41) is 7.31. The zero-order valence-corrected chi connectivity index (χ0v) is 17.6. The summed E-state index contributed by atoms with van der Waals surface area (Å²) < 4.78 is 10.00. The van der Waals surface area contributed by atoms with Gasteiger partial charge >= 0.3 is 0 Å². The Hall–Kier alpha value is -3.45. The monoisotopic (exact) mass is 415 g/mol. The third kappa shape index (κ3) is 3.71. The smallest absolute Gasteiger partial charge is 0.148 e. The van der Waals surface area contributed by atoms with Crippen LogP contribution in [0, 0.1) is 6.92 Å². The molecule has 0 unspecified atom stereocenters. The zero-order chi connectivity index (χ0) is 20.5. The molecule has 3 heterocycles. The van der Waals surface area contributed by atoms with E-state index in [9.17, 15) is 0 Å². The Morgan fingerprint density at radius 2 is 1.87 bits per heavy atom. The van der Waals surface area contributed by atoms with Crippen LogP contribution in [-0.4, -0.2) is 24.3 Å². The summed E-state index contributed by atoms with van der Waals surface area (Å²) >= 11 is 1.63. The number of aryl methyl sites for hydroxylation is 2. The van der Waals surface area contributed by atoms with Crippen LogP contribution in [0.1, 0.15) is 17.1 Å². The van der Waals surface area contributed by atoms with Gasteiger partial charge in [-0.25, -0.2) is 9.97 Å². The molecule has 30 heavy (non-hydrogen) atoms. The molecule has 0 fully saturated rings. The molecule has 0 aliphatic carbocycles. The summed E-state index contributed by atoms with van der Waals surface area (Å²) in [5.41, 5.74) is 5.28. The van der Waals surface area contributed by atoms with Crippen LogP contribution in [0.15, 0.2) is 66.3 Å². The van der Waals surface area contributed by atoms with Crippen molar-refractivity contribution in [2.75, 3.05) is 0 Å². The number of rotatable bonds is 6. The number of benzene rings is 2. The average molecular weight is 416 g/mol. The Labute approximate surface area is 178 Å². The Kier molecular flexibility index (Phi) is 4.80. The molecule has 5 aromatic rings. The molecule has 0 atom stereocenters. The molecule has 3 aromatic heterocycles. The van der Waals surface area contributed by atoms with Gasteiger partial charge in [0.15, 0.2) is 0 Å². The third-order valence-electron chi connectivity index (χ3n) is 4.95. The molecular formula is C23H21N5OS. The lowest BCUT2D eigenvalue weighted by molar-refractivity contribution is 0.291. The van der Waals surface area contributed by atoms with E-state index in [1.165, 1.54) is 5.56 Å². The maximum atomic E-state index is 6.02.